The average Bonchev–Trinajstić information content (AvgIpc) is 2.33. The molecule has 1 heterocycles. The van der Waals surface area contributed by atoms with E-state index in [2.05, 4.69) is 70.4 Å². The van der Waals surface area contributed by atoms with E-state index in [1.165, 1.54) is 5.56 Å². The van der Waals surface area contributed by atoms with Gasteiger partial charge in [-0.3, -0.25) is 0 Å². The number of nitrogens with zero attached hydrogens (tertiary/aromatic N) is 1. The highest BCUT2D eigenvalue weighted by Crippen LogP contribution is 2.21. The standard InChI is InChI=1S/C14H15BrN2/c1-10-4-3-9-16-14(10)17-11(2)12-5-7-13(15)8-6-12/h3-9,11H,1-2H3,(H,16,17). The summed E-state index contributed by atoms with van der Waals surface area (Å²) in [5.74, 6) is 0.947. The number of anilines is 1. The van der Waals surface area contributed by atoms with Gasteiger partial charge in [0.15, 0.2) is 0 Å². The minimum Gasteiger partial charge on any atom is -0.363 e. The van der Waals surface area contributed by atoms with E-state index in [1.54, 1.807) is 0 Å². The number of hydrogen-bond acceptors (Lipinski definition) is 2. The second kappa shape index (κ2) is 5.32. The first-order valence-electron chi connectivity index (χ1n) is 5.60. The Balaban J connectivity index is 2.14. The fraction of sp³-hybridized carbons (Fsp3) is 0.214. The Morgan fingerprint density at radius 3 is 2.53 bits per heavy atom. The largest absolute Gasteiger partial charge is 0.363 e. The van der Waals surface area contributed by atoms with Crippen molar-refractivity contribution in [3.63, 3.8) is 0 Å². The maximum absolute atomic E-state index is 4.34. The molecular weight excluding hydrogens is 276 g/mol. The van der Waals surface area contributed by atoms with Crippen molar-refractivity contribution in [1.82, 2.24) is 4.98 Å². The van der Waals surface area contributed by atoms with Crippen molar-refractivity contribution < 1.29 is 0 Å². The Morgan fingerprint density at radius 2 is 1.88 bits per heavy atom. The molecule has 1 aromatic heterocycles. The third kappa shape index (κ3) is 3.07. The minimum atomic E-state index is 0.247. The Hall–Kier alpha value is -1.35. The van der Waals surface area contributed by atoms with E-state index in [1.807, 2.05) is 12.3 Å². The third-order valence-electron chi connectivity index (χ3n) is 2.73. The van der Waals surface area contributed by atoms with Crippen LogP contribution in [-0.2, 0) is 0 Å². The molecule has 1 atom stereocenters. The molecule has 0 saturated carbocycles. The lowest BCUT2D eigenvalue weighted by molar-refractivity contribution is 0.871. The van der Waals surface area contributed by atoms with E-state index in [-0.39, 0.29) is 6.04 Å². The van der Waals surface area contributed by atoms with Crippen LogP contribution in [0.2, 0.25) is 0 Å². The summed E-state index contributed by atoms with van der Waals surface area (Å²) in [6, 6.07) is 12.6. The first-order valence-corrected chi connectivity index (χ1v) is 6.40. The average molecular weight is 291 g/mol. The Morgan fingerprint density at radius 1 is 1.18 bits per heavy atom. The molecule has 1 N–H and O–H groups in total. The van der Waals surface area contributed by atoms with Crippen molar-refractivity contribution in [2.24, 2.45) is 0 Å². The van der Waals surface area contributed by atoms with Crippen LogP contribution in [0, 0.1) is 6.92 Å². The molecule has 0 amide bonds. The van der Waals surface area contributed by atoms with Gasteiger partial charge < -0.3 is 5.32 Å². The summed E-state index contributed by atoms with van der Waals surface area (Å²) in [7, 11) is 0. The van der Waals surface area contributed by atoms with Crippen LogP contribution in [0.15, 0.2) is 47.1 Å². The van der Waals surface area contributed by atoms with E-state index >= 15 is 0 Å². The number of rotatable bonds is 3. The minimum absolute atomic E-state index is 0.247. The van der Waals surface area contributed by atoms with Crippen LogP contribution in [-0.4, -0.2) is 4.98 Å². The van der Waals surface area contributed by atoms with Gasteiger partial charge in [-0.05, 0) is 43.2 Å². The van der Waals surface area contributed by atoms with Crippen LogP contribution in [0.25, 0.3) is 0 Å². The van der Waals surface area contributed by atoms with Gasteiger partial charge in [-0.1, -0.05) is 34.1 Å². The van der Waals surface area contributed by atoms with Crippen molar-refractivity contribution >= 4 is 21.7 Å². The molecule has 0 aliphatic carbocycles. The zero-order chi connectivity index (χ0) is 12.3. The van der Waals surface area contributed by atoms with Gasteiger partial charge in [-0.2, -0.15) is 0 Å². The number of halogens is 1. The fourth-order valence-electron chi connectivity index (χ4n) is 1.68. The van der Waals surface area contributed by atoms with E-state index in [0.717, 1.165) is 15.9 Å². The quantitative estimate of drug-likeness (QED) is 0.910. The molecule has 2 rings (SSSR count). The maximum atomic E-state index is 4.34. The van der Waals surface area contributed by atoms with E-state index in [4.69, 9.17) is 0 Å². The van der Waals surface area contributed by atoms with Gasteiger partial charge in [-0.25, -0.2) is 4.98 Å². The van der Waals surface area contributed by atoms with E-state index < -0.39 is 0 Å². The summed E-state index contributed by atoms with van der Waals surface area (Å²) in [5.41, 5.74) is 2.41. The molecule has 0 fully saturated rings. The summed E-state index contributed by atoms with van der Waals surface area (Å²) in [6.45, 7) is 4.20. The van der Waals surface area contributed by atoms with Crippen molar-refractivity contribution in [1.29, 1.82) is 0 Å². The topological polar surface area (TPSA) is 24.9 Å². The smallest absolute Gasteiger partial charge is 0.129 e. The fourth-order valence-corrected chi connectivity index (χ4v) is 1.94. The van der Waals surface area contributed by atoms with Gasteiger partial charge in [0.25, 0.3) is 0 Å². The zero-order valence-corrected chi connectivity index (χ0v) is 11.5. The van der Waals surface area contributed by atoms with Gasteiger partial charge in [0.2, 0.25) is 0 Å². The first-order chi connectivity index (χ1) is 8.16. The highest BCUT2D eigenvalue weighted by atomic mass is 79.9. The van der Waals surface area contributed by atoms with Crippen molar-refractivity contribution in [3.8, 4) is 0 Å². The third-order valence-corrected chi connectivity index (χ3v) is 3.26. The molecule has 1 aromatic carbocycles. The molecule has 0 bridgehead atoms. The van der Waals surface area contributed by atoms with Crippen LogP contribution in [0.1, 0.15) is 24.1 Å². The lowest BCUT2D eigenvalue weighted by atomic mass is 10.1. The summed E-state index contributed by atoms with van der Waals surface area (Å²) in [4.78, 5) is 4.34. The molecule has 3 heteroatoms. The Bertz CT molecular complexity index is 494. The summed E-state index contributed by atoms with van der Waals surface area (Å²) >= 11 is 3.44. The monoisotopic (exact) mass is 290 g/mol. The molecule has 2 nitrogen and oxygen atoms in total. The second-order valence-corrected chi connectivity index (χ2v) is 5.00. The number of pyridine rings is 1. The van der Waals surface area contributed by atoms with E-state index in [0.29, 0.717) is 0 Å². The van der Waals surface area contributed by atoms with Crippen molar-refractivity contribution in [2.75, 3.05) is 5.32 Å². The maximum Gasteiger partial charge on any atom is 0.129 e. The van der Waals surface area contributed by atoms with Gasteiger partial charge in [0, 0.05) is 16.7 Å². The summed E-state index contributed by atoms with van der Waals surface area (Å²) < 4.78 is 1.10. The molecule has 88 valence electrons. The molecule has 0 aliphatic heterocycles. The van der Waals surface area contributed by atoms with Gasteiger partial charge in [-0.15, -0.1) is 0 Å². The number of benzene rings is 1. The number of hydrogen-bond donors (Lipinski definition) is 1. The highest BCUT2D eigenvalue weighted by molar-refractivity contribution is 9.10. The van der Waals surface area contributed by atoms with Crippen molar-refractivity contribution in [3.05, 3.63) is 58.2 Å². The summed E-state index contributed by atoms with van der Waals surface area (Å²) in [6.07, 6.45) is 1.81. The lowest BCUT2D eigenvalue weighted by Gasteiger charge is -2.16. The van der Waals surface area contributed by atoms with Crippen LogP contribution in [0.5, 0.6) is 0 Å². The second-order valence-electron chi connectivity index (χ2n) is 4.09. The number of aromatic nitrogens is 1. The van der Waals surface area contributed by atoms with Gasteiger partial charge in [0.05, 0.1) is 0 Å². The summed E-state index contributed by atoms with van der Waals surface area (Å²) in [5, 5.41) is 3.42. The highest BCUT2D eigenvalue weighted by Gasteiger charge is 2.06. The predicted molar refractivity (Wildman–Crippen MR) is 75.2 cm³/mol. The normalized spacial score (nSPS) is 12.2. The molecule has 0 saturated heterocycles. The molecular formula is C14H15BrN2. The molecule has 1 unspecified atom stereocenters. The van der Waals surface area contributed by atoms with Crippen LogP contribution in [0.4, 0.5) is 5.82 Å². The molecule has 0 aliphatic rings. The van der Waals surface area contributed by atoms with Crippen LogP contribution < -0.4 is 5.32 Å². The lowest BCUT2D eigenvalue weighted by Crippen LogP contribution is -2.08. The van der Waals surface area contributed by atoms with Gasteiger partial charge >= 0.3 is 0 Å². The van der Waals surface area contributed by atoms with Crippen molar-refractivity contribution in [2.45, 2.75) is 19.9 Å². The van der Waals surface area contributed by atoms with Crippen LogP contribution in [0.3, 0.4) is 0 Å². The van der Waals surface area contributed by atoms with E-state index in [9.17, 15) is 0 Å². The number of nitrogens with one attached hydrogen (secondary N) is 1. The Kier molecular flexibility index (Phi) is 3.79. The Labute approximate surface area is 110 Å². The van der Waals surface area contributed by atoms with Crippen LogP contribution >= 0.6 is 15.9 Å². The van der Waals surface area contributed by atoms with Gasteiger partial charge in [0.1, 0.15) is 5.82 Å². The molecule has 0 radical (unpaired) electrons. The first kappa shape index (κ1) is 12.1. The predicted octanol–water partition coefficient (Wildman–Crippen LogP) is 4.33. The number of aryl methyl sites for hydroxylation is 1. The SMILES string of the molecule is Cc1cccnc1NC(C)c1ccc(Br)cc1. The molecule has 17 heavy (non-hydrogen) atoms. The molecule has 2 aromatic rings. The molecule has 0 spiro atoms. The zero-order valence-electron chi connectivity index (χ0n) is 9.94.